The second-order valence-electron chi connectivity index (χ2n) is 8.21. The summed E-state index contributed by atoms with van der Waals surface area (Å²) in [6.07, 6.45) is 3.73. The molecule has 5 heteroatoms. The van der Waals surface area contributed by atoms with Crippen LogP contribution in [0.2, 0.25) is 0 Å². The number of carbonyl (C=O) groups is 1. The molecule has 160 valence electrons. The molecule has 1 aliphatic rings. The number of benzene rings is 2. The van der Waals surface area contributed by atoms with Crippen LogP contribution >= 0.6 is 0 Å². The Morgan fingerprint density at radius 2 is 1.80 bits per heavy atom. The van der Waals surface area contributed by atoms with Gasteiger partial charge in [0.25, 0.3) is 0 Å². The van der Waals surface area contributed by atoms with E-state index in [2.05, 4.69) is 24.5 Å². The first-order valence-electron chi connectivity index (χ1n) is 10.7. The van der Waals surface area contributed by atoms with E-state index in [-0.39, 0.29) is 17.6 Å². The molecule has 30 heavy (non-hydrogen) atoms. The fraction of sp³-hybridized carbons (Fsp3) is 0.400. The second kappa shape index (κ2) is 10.9. The van der Waals surface area contributed by atoms with Gasteiger partial charge < -0.3 is 15.4 Å². The number of amides is 1. The molecule has 0 saturated carbocycles. The van der Waals surface area contributed by atoms with E-state index in [1.807, 2.05) is 30.3 Å². The standard InChI is InChI=1S/C25H31FN2O2/c1-18(2)17-30-23-9-5-20(6-10-23)16-28-25(29)24(21-11-13-27-14-12-21)15-19-3-7-22(26)8-4-19/h3-10,15,18,21,27H,11-14,16-17H2,1-2H3,(H,28,29)/b24-15+. The number of rotatable bonds is 8. The molecular formula is C25H31FN2O2. The molecule has 2 N–H and O–H groups in total. The molecule has 0 aliphatic carbocycles. The molecule has 0 aromatic heterocycles. The maximum absolute atomic E-state index is 13.2. The highest BCUT2D eigenvalue weighted by Crippen LogP contribution is 2.24. The maximum Gasteiger partial charge on any atom is 0.247 e. The number of carbonyl (C=O) groups excluding carboxylic acids is 1. The van der Waals surface area contributed by atoms with Crippen LogP contribution in [0.3, 0.4) is 0 Å². The number of halogens is 1. The minimum absolute atomic E-state index is 0.0636. The second-order valence-corrected chi connectivity index (χ2v) is 8.21. The summed E-state index contributed by atoms with van der Waals surface area (Å²) in [6.45, 7) is 7.17. The summed E-state index contributed by atoms with van der Waals surface area (Å²) in [5.41, 5.74) is 2.62. The minimum atomic E-state index is -0.277. The summed E-state index contributed by atoms with van der Waals surface area (Å²) < 4.78 is 19.0. The van der Waals surface area contributed by atoms with Gasteiger partial charge in [-0.05, 0) is 79.2 Å². The lowest BCUT2D eigenvalue weighted by molar-refractivity contribution is -0.118. The van der Waals surface area contributed by atoms with Gasteiger partial charge in [0, 0.05) is 12.1 Å². The van der Waals surface area contributed by atoms with Gasteiger partial charge in [-0.25, -0.2) is 4.39 Å². The zero-order valence-electron chi connectivity index (χ0n) is 17.8. The summed E-state index contributed by atoms with van der Waals surface area (Å²) in [5, 5.41) is 6.39. The van der Waals surface area contributed by atoms with Gasteiger partial charge in [0.05, 0.1) is 6.61 Å². The number of hydrogen-bond acceptors (Lipinski definition) is 3. The first-order valence-corrected chi connectivity index (χ1v) is 10.7. The van der Waals surface area contributed by atoms with E-state index >= 15 is 0 Å². The van der Waals surface area contributed by atoms with E-state index < -0.39 is 0 Å². The molecule has 2 aromatic rings. The van der Waals surface area contributed by atoms with Crippen LogP contribution in [0.25, 0.3) is 6.08 Å². The van der Waals surface area contributed by atoms with Gasteiger partial charge in [0.15, 0.2) is 0 Å². The third-order valence-corrected chi connectivity index (χ3v) is 5.19. The fourth-order valence-corrected chi connectivity index (χ4v) is 3.49. The molecule has 0 unspecified atom stereocenters. The molecule has 4 nitrogen and oxygen atoms in total. The molecule has 1 heterocycles. The molecule has 3 rings (SSSR count). The lowest BCUT2D eigenvalue weighted by atomic mass is 9.88. The first-order chi connectivity index (χ1) is 14.5. The molecule has 2 aromatic carbocycles. The molecule has 0 radical (unpaired) electrons. The maximum atomic E-state index is 13.2. The third kappa shape index (κ3) is 6.70. The number of piperidine rings is 1. The van der Waals surface area contributed by atoms with Gasteiger partial charge >= 0.3 is 0 Å². The number of hydrogen-bond donors (Lipinski definition) is 2. The van der Waals surface area contributed by atoms with E-state index in [1.54, 1.807) is 12.1 Å². The van der Waals surface area contributed by atoms with Crippen molar-refractivity contribution in [3.8, 4) is 5.75 Å². The van der Waals surface area contributed by atoms with Crippen LogP contribution < -0.4 is 15.4 Å². The Kier molecular flexibility index (Phi) is 8.03. The van der Waals surface area contributed by atoms with Crippen LogP contribution in [0.5, 0.6) is 5.75 Å². The van der Waals surface area contributed by atoms with E-state index in [1.165, 1.54) is 12.1 Å². The highest BCUT2D eigenvalue weighted by atomic mass is 19.1. The lowest BCUT2D eigenvalue weighted by Gasteiger charge is -2.25. The van der Waals surface area contributed by atoms with E-state index in [4.69, 9.17) is 4.74 Å². The van der Waals surface area contributed by atoms with Crippen molar-refractivity contribution < 1.29 is 13.9 Å². The summed E-state index contributed by atoms with van der Waals surface area (Å²) in [7, 11) is 0. The molecule has 0 spiro atoms. The first kappa shape index (κ1) is 22.0. The van der Waals surface area contributed by atoms with Crippen LogP contribution in [-0.4, -0.2) is 25.6 Å². The highest BCUT2D eigenvalue weighted by Gasteiger charge is 2.23. The molecule has 0 bridgehead atoms. The van der Waals surface area contributed by atoms with Gasteiger partial charge in [0.1, 0.15) is 11.6 Å². The Balaban J connectivity index is 1.66. The predicted molar refractivity (Wildman–Crippen MR) is 119 cm³/mol. The summed E-state index contributed by atoms with van der Waals surface area (Å²) in [5.74, 6) is 1.17. The fourth-order valence-electron chi connectivity index (χ4n) is 3.49. The lowest BCUT2D eigenvalue weighted by Crippen LogP contribution is -2.34. The number of ether oxygens (including phenoxy) is 1. The Labute approximate surface area is 178 Å². The van der Waals surface area contributed by atoms with E-state index in [0.29, 0.717) is 19.1 Å². The SMILES string of the molecule is CC(C)COc1ccc(CNC(=O)/C(=C/c2ccc(F)cc2)C2CCNCC2)cc1. The average Bonchev–Trinajstić information content (AvgIpc) is 2.77. The van der Waals surface area contributed by atoms with Crippen LogP contribution in [0.4, 0.5) is 4.39 Å². The van der Waals surface area contributed by atoms with Crippen molar-refractivity contribution in [2.75, 3.05) is 19.7 Å². The van der Waals surface area contributed by atoms with Crippen LogP contribution in [-0.2, 0) is 11.3 Å². The van der Waals surface area contributed by atoms with Gasteiger partial charge in [-0.15, -0.1) is 0 Å². The molecule has 1 aliphatic heterocycles. The van der Waals surface area contributed by atoms with Crippen molar-refractivity contribution in [2.45, 2.75) is 33.2 Å². The summed E-state index contributed by atoms with van der Waals surface area (Å²) in [6, 6.07) is 14.1. The van der Waals surface area contributed by atoms with Crippen molar-refractivity contribution in [3.63, 3.8) is 0 Å². The van der Waals surface area contributed by atoms with E-state index in [0.717, 1.165) is 48.4 Å². The van der Waals surface area contributed by atoms with Crippen molar-refractivity contribution in [3.05, 3.63) is 71.0 Å². The zero-order valence-corrected chi connectivity index (χ0v) is 17.8. The Morgan fingerprint density at radius 1 is 1.13 bits per heavy atom. The molecule has 1 fully saturated rings. The Morgan fingerprint density at radius 3 is 2.43 bits per heavy atom. The molecule has 1 amide bonds. The molecule has 0 atom stereocenters. The minimum Gasteiger partial charge on any atom is -0.493 e. The number of nitrogens with one attached hydrogen (secondary N) is 2. The summed E-state index contributed by atoms with van der Waals surface area (Å²) >= 11 is 0. The van der Waals surface area contributed by atoms with Crippen molar-refractivity contribution in [1.82, 2.24) is 10.6 Å². The van der Waals surface area contributed by atoms with E-state index in [9.17, 15) is 9.18 Å². The van der Waals surface area contributed by atoms with Gasteiger partial charge in [-0.1, -0.05) is 38.1 Å². The monoisotopic (exact) mass is 410 g/mol. The average molecular weight is 411 g/mol. The molecular weight excluding hydrogens is 379 g/mol. The van der Waals surface area contributed by atoms with Crippen molar-refractivity contribution in [2.24, 2.45) is 11.8 Å². The topological polar surface area (TPSA) is 50.4 Å². The van der Waals surface area contributed by atoms with Gasteiger partial charge in [-0.2, -0.15) is 0 Å². The van der Waals surface area contributed by atoms with Crippen LogP contribution in [0.1, 0.15) is 37.8 Å². The van der Waals surface area contributed by atoms with Crippen LogP contribution in [0, 0.1) is 17.7 Å². The van der Waals surface area contributed by atoms with Crippen molar-refractivity contribution in [1.29, 1.82) is 0 Å². The zero-order chi connectivity index (χ0) is 21.3. The Hall–Kier alpha value is -2.66. The van der Waals surface area contributed by atoms with Gasteiger partial charge in [0.2, 0.25) is 5.91 Å². The normalized spacial score (nSPS) is 15.3. The molecule has 1 saturated heterocycles. The smallest absolute Gasteiger partial charge is 0.247 e. The Bertz CT molecular complexity index is 838. The highest BCUT2D eigenvalue weighted by molar-refractivity contribution is 5.98. The van der Waals surface area contributed by atoms with Gasteiger partial charge in [-0.3, -0.25) is 4.79 Å². The quantitative estimate of drug-likeness (QED) is 0.627. The summed E-state index contributed by atoms with van der Waals surface area (Å²) in [4.78, 5) is 13.0. The van der Waals surface area contributed by atoms with Crippen molar-refractivity contribution >= 4 is 12.0 Å². The third-order valence-electron chi connectivity index (χ3n) is 5.19. The largest absolute Gasteiger partial charge is 0.493 e. The predicted octanol–water partition coefficient (Wildman–Crippen LogP) is 4.56. The van der Waals surface area contributed by atoms with Crippen LogP contribution in [0.15, 0.2) is 54.1 Å².